The second-order valence-electron chi connectivity index (χ2n) is 4.51. The fourth-order valence-corrected chi connectivity index (χ4v) is 2.64. The molecule has 19 heavy (non-hydrogen) atoms. The van der Waals surface area contributed by atoms with Crippen LogP contribution in [-0.4, -0.2) is 19.9 Å². The topological polar surface area (TPSA) is 50.9 Å². The average molecular weight is 324 g/mol. The number of aryl methyl sites for hydroxylation is 2. The molecule has 2 aromatic heterocycles. The summed E-state index contributed by atoms with van der Waals surface area (Å²) in [7, 11) is 0. The Morgan fingerprint density at radius 3 is 2.79 bits per heavy atom. The highest BCUT2D eigenvalue weighted by Crippen LogP contribution is 2.26. The van der Waals surface area contributed by atoms with Crippen LogP contribution in [0.4, 0.5) is 0 Å². The van der Waals surface area contributed by atoms with Gasteiger partial charge in [-0.2, -0.15) is 5.10 Å². The van der Waals surface area contributed by atoms with Crippen LogP contribution < -0.4 is 0 Å². The number of halogens is 1. The van der Waals surface area contributed by atoms with Crippen molar-refractivity contribution in [2.75, 3.05) is 0 Å². The minimum Gasteiger partial charge on any atom is -0.387 e. The van der Waals surface area contributed by atoms with Gasteiger partial charge in [-0.3, -0.25) is 9.67 Å². The average Bonchev–Trinajstić information content (AvgIpc) is 2.79. The van der Waals surface area contributed by atoms with E-state index in [9.17, 15) is 5.11 Å². The van der Waals surface area contributed by atoms with E-state index in [-0.39, 0.29) is 0 Å². The summed E-state index contributed by atoms with van der Waals surface area (Å²) in [4.78, 5) is 3.99. The molecule has 0 saturated carbocycles. The first kappa shape index (κ1) is 14.2. The smallest absolute Gasteiger partial charge is 0.0971 e. The first-order valence-electron chi connectivity index (χ1n) is 6.50. The highest BCUT2D eigenvalue weighted by atomic mass is 79.9. The summed E-state index contributed by atoms with van der Waals surface area (Å²) >= 11 is 3.46. The van der Waals surface area contributed by atoms with Crippen LogP contribution in [0.3, 0.4) is 0 Å². The summed E-state index contributed by atoms with van der Waals surface area (Å²) in [5.74, 6) is 0. The number of nitrogens with zero attached hydrogens (tertiary/aromatic N) is 3. The predicted octanol–water partition coefficient (Wildman–Crippen LogP) is 3.12. The van der Waals surface area contributed by atoms with Gasteiger partial charge in [0.2, 0.25) is 0 Å². The van der Waals surface area contributed by atoms with Crippen LogP contribution in [0.1, 0.15) is 37.1 Å². The highest BCUT2D eigenvalue weighted by molar-refractivity contribution is 9.10. The number of aliphatic hydroxyl groups is 1. The van der Waals surface area contributed by atoms with Crippen LogP contribution >= 0.6 is 15.9 Å². The van der Waals surface area contributed by atoms with Crippen molar-refractivity contribution in [2.24, 2.45) is 0 Å². The molecular weight excluding hydrogens is 306 g/mol. The van der Waals surface area contributed by atoms with Gasteiger partial charge in [0.05, 0.1) is 22.5 Å². The van der Waals surface area contributed by atoms with E-state index in [0.717, 1.165) is 29.6 Å². The Hall–Kier alpha value is -1.20. The van der Waals surface area contributed by atoms with Crippen molar-refractivity contribution in [1.82, 2.24) is 14.8 Å². The molecule has 1 N–H and O–H groups in total. The molecule has 2 aromatic rings. The summed E-state index contributed by atoms with van der Waals surface area (Å²) < 4.78 is 2.75. The molecule has 0 aliphatic rings. The van der Waals surface area contributed by atoms with Gasteiger partial charge < -0.3 is 5.11 Å². The second kappa shape index (κ2) is 6.82. The third kappa shape index (κ3) is 3.64. The van der Waals surface area contributed by atoms with Crippen molar-refractivity contribution in [2.45, 2.75) is 38.8 Å². The van der Waals surface area contributed by atoms with E-state index in [2.05, 4.69) is 32.9 Å². The van der Waals surface area contributed by atoms with Gasteiger partial charge >= 0.3 is 0 Å². The standard InChI is InChI=1S/C14H18BrN3O/c1-2-9-18-14(12(15)10-17-18)13(19)4-3-11-5-7-16-8-6-11/h5-8,10,13,19H,2-4,9H2,1H3. The van der Waals surface area contributed by atoms with Crippen molar-refractivity contribution in [3.63, 3.8) is 0 Å². The lowest BCUT2D eigenvalue weighted by Gasteiger charge is -2.14. The Labute approximate surface area is 121 Å². The minimum absolute atomic E-state index is 0.503. The van der Waals surface area contributed by atoms with Gasteiger partial charge in [0.15, 0.2) is 0 Å². The molecule has 0 amide bonds. The van der Waals surface area contributed by atoms with Gasteiger partial charge in [0.1, 0.15) is 0 Å². The molecule has 0 saturated heterocycles. The Bertz CT molecular complexity index is 513. The molecule has 0 aliphatic carbocycles. The normalized spacial score (nSPS) is 12.6. The highest BCUT2D eigenvalue weighted by Gasteiger charge is 2.17. The molecule has 102 valence electrons. The van der Waals surface area contributed by atoms with Gasteiger partial charge in [-0.15, -0.1) is 0 Å². The Kier molecular flexibility index (Phi) is 5.10. The van der Waals surface area contributed by atoms with E-state index in [1.165, 1.54) is 5.56 Å². The van der Waals surface area contributed by atoms with Crippen molar-refractivity contribution in [1.29, 1.82) is 0 Å². The molecule has 0 aliphatic heterocycles. The zero-order valence-corrected chi connectivity index (χ0v) is 12.5. The maximum atomic E-state index is 10.4. The summed E-state index contributed by atoms with van der Waals surface area (Å²) in [6, 6.07) is 3.95. The number of hydrogen-bond donors (Lipinski definition) is 1. The number of hydrogen-bond acceptors (Lipinski definition) is 3. The zero-order valence-electron chi connectivity index (χ0n) is 11.0. The maximum Gasteiger partial charge on any atom is 0.0971 e. The fourth-order valence-electron chi connectivity index (χ4n) is 2.08. The Balaban J connectivity index is 2.03. The number of rotatable bonds is 6. The monoisotopic (exact) mass is 323 g/mol. The molecular formula is C14H18BrN3O. The minimum atomic E-state index is -0.503. The number of pyridine rings is 1. The van der Waals surface area contributed by atoms with E-state index in [1.807, 2.05) is 16.8 Å². The molecule has 0 aromatic carbocycles. The summed E-state index contributed by atoms with van der Waals surface area (Å²) in [6.07, 6.45) is 7.30. The molecule has 4 nitrogen and oxygen atoms in total. The molecule has 2 heterocycles. The second-order valence-corrected chi connectivity index (χ2v) is 5.37. The quantitative estimate of drug-likeness (QED) is 0.888. The third-order valence-electron chi connectivity index (χ3n) is 3.04. The van der Waals surface area contributed by atoms with Gasteiger partial charge in [0.25, 0.3) is 0 Å². The van der Waals surface area contributed by atoms with E-state index in [1.54, 1.807) is 18.6 Å². The predicted molar refractivity (Wildman–Crippen MR) is 77.7 cm³/mol. The lowest BCUT2D eigenvalue weighted by atomic mass is 10.1. The van der Waals surface area contributed by atoms with Gasteiger partial charge in [-0.1, -0.05) is 6.92 Å². The Morgan fingerprint density at radius 2 is 2.11 bits per heavy atom. The molecule has 2 rings (SSSR count). The Morgan fingerprint density at radius 1 is 1.37 bits per heavy atom. The van der Waals surface area contributed by atoms with E-state index >= 15 is 0 Å². The largest absolute Gasteiger partial charge is 0.387 e. The van der Waals surface area contributed by atoms with Gasteiger partial charge in [-0.05, 0) is 52.9 Å². The van der Waals surface area contributed by atoms with Gasteiger partial charge in [-0.25, -0.2) is 0 Å². The van der Waals surface area contributed by atoms with Crippen LogP contribution in [0.5, 0.6) is 0 Å². The fraction of sp³-hybridized carbons (Fsp3) is 0.429. The first-order chi connectivity index (χ1) is 9.22. The molecule has 0 bridgehead atoms. The van der Waals surface area contributed by atoms with Crippen LogP contribution in [0.25, 0.3) is 0 Å². The lowest BCUT2D eigenvalue weighted by Crippen LogP contribution is -2.10. The van der Waals surface area contributed by atoms with Crippen LogP contribution in [0, 0.1) is 0 Å². The van der Waals surface area contributed by atoms with Crippen molar-refractivity contribution < 1.29 is 5.11 Å². The van der Waals surface area contributed by atoms with Gasteiger partial charge in [0, 0.05) is 18.9 Å². The maximum absolute atomic E-state index is 10.4. The molecule has 1 atom stereocenters. The van der Waals surface area contributed by atoms with Crippen molar-refractivity contribution in [3.8, 4) is 0 Å². The summed E-state index contributed by atoms with van der Waals surface area (Å²) in [6.45, 7) is 2.93. The molecule has 0 fully saturated rings. The first-order valence-corrected chi connectivity index (χ1v) is 7.29. The summed E-state index contributed by atoms with van der Waals surface area (Å²) in [5.41, 5.74) is 2.06. The van der Waals surface area contributed by atoms with Crippen LogP contribution in [0.15, 0.2) is 35.2 Å². The van der Waals surface area contributed by atoms with Crippen LogP contribution in [-0.2, 0) is 13.0 Å². The third-order valence-corrected chi connectivity index (χ3v) is 3.65. The van der Waals surface area contributed by atoms with Crippen LogP contribution in [0.2, 0.25) is 0 Å². The lowest BCUT2D eigenvalue weighted by molar-refractivity contribution is 0.155. The molecule has 0 radical (unpaired) electrons. The zero-order chi connectivity index (χ0) is 13.7. The summed E-state index contributed by atoms with van der Waals surface area (Å²) in [5, 5.41) is 14.6. The molecule has 5 heteroatoms. The van der Waals surface area contributed by atoms with E-state index in [0.29, 0.717) is 6.42 Å². The SMILES string of the molecule is CCCn1ncc(Br)c1C(O)CCc1ccncc1. The molecule has 0 spiro atoms. The van der Waals surface area contributed by atoms with E-state index < -0.39 is 6.10 Å². The number of aromatic nitrogens is 3. The van der Waals surface area contributed by atoms with Crippen molar-refractivity contribution in [3.05, 3.63) is 46.5 Å². The molecule has 1 unspecified atom stereocenters. The van der Waals surface area contributed by atoms with E-state index in [4.69, 9.17) is 0 Å². The van der Waals surface area contributed by atoms with Crippen molar-refractivity contribution >= 4 is 15.9 Å². The number of aliphatic hydroxyl groups excluding tert-OH is 1.